The molecular formula is C12H21N3O3. The summed E-state index contributed by atoms with van der Waals surface area (Å²) in [6, 6.07) is 0. The summed E-state index contributed by atoms with van der Waals surface area (Å²) in [6.07, 6.45) is 1.50. The molecule has 0 aliphatic heterocycles. The van der Waals surface area contributed by atoms with Gasteiger partial charge in [0, 0.05) is 13.7 Å². The highest BCUT2D eigenvalue weighted by Crippen LogP contribution is 2.13. The zero-order chi connectivity index (χ0) is 13.6. The maximum absolute atomic E-state index is 11.8. The van der Waals surface area contributed by atoms with Gasteiger partial charge in [-0.2, -0.15) is 5.10 Å². The van der Waals surface area contributed by atoms with E-state index in [1.807, 2.05) is 20.8 Å². The predicted molar refractivity (Wildman–Crippen MR) is 67.3 cm³/mol. The molecule has 0 unspecified atom stereocenters. The van der Waals surface area contributed by atoms with Gasteiger partial charge in [-0.05, 0) is 20.8 Å². The van der Waals surface area contributed by atoms with Gasteiger partial charge in [0.25, 0.3) is 5.91 Å². The van der Waals surface area contributed by atoms with Crippen LogP contribution in [0.3, 0.4) is 0 Å². The van der Waals surface area contributed by atoms with Crippen molar-refractivity contribution >= 4 is 5.91 Å². The molecule has 0 radical (unpaired) electrons. The minimum atomic E-state index is -0.255. The topological polar surface area (TPSA) is 76.2 Å². The van der Waals surface area contributed by atoms with Gasteiger partial charge in [0.2, 0.25) is 0 Å². The lowest BCUT2D eigenvalue weighted by Crippen LogP contribution is -2.28. The molecule has 1 aromatic rings. The van der Waals surface area contributed by atoms with Crippen LogP contribution < -0.4 is 5.32 Å². The fourth-order valence-corrected chi connectivity index (χ4v) is 1.27. The number of amides is 1. The van der Waals surface area contributed by atoms with E-state index in [0.717, 1.165) is 0 Å². The van der Waals surface area contributed by atoms with Crippen LogP contribution in [0.4, 0.5) is 0 Å². The first kappa shape index (κ1) is 14.7. The number of aromatic nitrogens is 2. The standard InChI is InChI=1S/C12H21N3O3/c1-12(2,3)18-8-10-9(7-14-15-10)11(16)13-5-6-17-4/h7H,5-6,8H2,1-4H3,(H,13,16)(H,14,15). The van der Waals surface area contributed by atoms with E-state index in [1.165, 1.54) is 6.20 Å². The molecule has 2 N–H and O–H groups in total. The van der Waals surface area contributed by atoms with Crippen LogP contribution in [0.25, 0.3) is 0 Å². The molecule has 1 rings (SSSR count). The van der Waals surface area contributed by atoms with E-state index >= 15 is 0 Å². The lowest BCUT2D eigenvalue weighted by molar-refractivity contribution is -0.0167. The van der Waals surface area contributed by atoms with E-state index in [1.54, 1.807) is 7.11 Å². The van der Waals surface area contributed by atoms with E-state index < -0.39 is 0 Å². The minimum Gasteiger partial charge on any atom is -0.383 e. The van der Waals surface area contributed by atoms with Gasteiger partial charge in [-0.1, -0.05) is 0 Å². The van der Waals surface area contributed by atoms with Gasteiger partial charge < -0.3 is 14.8 Å². The number of hydrogen-bond acceptors (Lipinski definition) is 4. The van der Waals surface area contributed by atoms with Crippen LogP contribution in [0.5, 0.6) is 0 Å². The number of carbonyl (C=O) groups is 1. The molecule has 1 aromatic heterocycles. The average molecular weight is 255 g/mol. The molecule has 0 atom stereocenters. The summed E-state index contributed by atoms with van der Waals surface area (Å²) in [5, 5.41) is 9.40. The van der Waals surface area contributed by atoms with Gasteiger partial charge in [-0.3, -0.25) is 9.89 Å². The Bertz CT molecular complexity index is 382. The number of carbonyl (C=O) groups excluding carboxylic acids is 1. The molecule has 0 aliphatic carbocycles. The highest BCUT2D eigenvalue weighted by molar-refractivity contribution is 5.94. The smallest absolute Gasteiger partial charge is 0.254 e. The summed E-state index contributed by atoms with van der Waals surface area (Å²) >= 11 is 0. The Morgan fingerprint density at radius 2 is 2.22 bits per heavy atom. The minimum absolute atomic E-state index is 0.173. The van der Waals surface area contributed by atoms with Gasteiger partial charge in [0.05, 0.1) is 36.3 Å². The average Bonchev–Trinajstić information content (AvgIpc) is 2.73. The SMILES string of the molecule is COCCNC(=O)c1cn[nH]c1COC(C)(C)C. The van der Waals surface area contributed by atoms with E-state index in [2.05, 4.69) is 15.5 Å². The summed E-state index contributed by atoms with van der Waals surface area (Å²) in [5.74, 6) is -0.173. The van der Waals surface area contributed by atoms with Gasteiger partial charge in [0.1, 0.15) is 0 Å². The molecule has 6 nitrogen and oxygen atoms in total. The number of aromatic amines is 1. The van der Waals surface area contributed by atoms with Crippen LogP contribution in [0.15, 0.2) is 6.20 Å². The first-order valence-electron chi connectivity index (χ1n) is 5.87. The lowest BCUT2D eigenvalue weighted by atomic mass is 10.2. The quantitative estimate of drug-likeness (QED) is 0.746. The van der Waals surface area contributed by atoms with Crippen LogP contribution >= 0.6 is 0 Å². The van der Waals surface area contributed by atoms with Crippen LogP contribution in [-0.2, 0) is 16.1 Å². The summed E-state index contributed by atoms with van der Waals surface area (Å²) in [6.45, 7) is 7.17. The molecule has 102 valence electrons. The van der Waals surface area contributed by atoms with Crippen molar-refractivity contribution in [3.05, 3.63) is 17.5 Å². The third-order valence-electron chi connectivity index (χ3n) is 2.20. The molecule has 6 heteroatoms. The second-order valence-corrected chi connectivity index (χ2v) is 4.91. The maximum atomic E-state index is 11.8. The Morgan fingerprint density at radius 1 is 1.50 bits per heavy atom. The highest BCUT2D eigenvalue weighted by Gasteiger charge is 2.16. The van der Waals surface area contributed by atoms with Crippen LogP contribution in [0, 0.1) is 0 Å². The second kappa shape index (κ2) is 6.51. The van der Waals surface area contributed by atoms with Crippen LogP contribution in [-0.4, -0.2) is 42.0 Å². The van der Waals surface area contributed by atoms with E-state index in [4.69, 9.17) is 9.47 Å². The molecule has 1 amide bonds. The Morgan fingerprint density at radius 3 is 2.83 bits per heavy atom. The maximum Gasteiger partial charge on any atom is 0.254 e. The molecule has 0 spiro atoms. The zero-order valence-electron chi connectivity index (χ0n) is 11.4. The molecule has 0 fully saturated rings. The fourth-order valence-electron chi connectivity index (χ4n) is 1.27. The number of nitrogens with zero attached hydrogens (tertiary/aromatic N) is 1. The summed E-state index contributed by atoms with van der Waals surface area (Å²) in [7, 11) is 1.59. The molecule has 0 aliphatic rings. The molecule has 0 bridgehead atoms. The normalized spacial score (nSPS) is 11.6. The van der Waals surface area contributed by atoms with E-state index in [0.29, 0.717) is 31.0 Å². The van der Waals surface area contributed by atoms with Gasteiger partial charge in [-0.25, -0.2) is 0 Å². The second-order valence-electron chi connectivity index (χ2n) is 4.91. The monoisotopic (exact) mass is 255 g/mol. The molecule has 1 heterocycles. The molecule has 0 saturated carbocycles. The van der Waals surface area contributed by atoms with Gasteiger partial charge in [0.15, 0.2) is 0 Å². The Labute approximate surface area is 107 Å². The fraction of sp³-hybridized carbons (Fsp3) is 0.667. The molecule has 0 saturated heterocycles. The molecular weight excluding hydrogens is 234 g/mol. The van der Waals surface area contributed by atoms with Crippen molar-refractivity contribution in [2.24, 2.45) is 0 Å². The number of ether oxygens (including phenoxy) is 2. The van der Waals surface area contributed by atoms with Crippen molar-refractivity contribution < 1.29 is 14.3 Å². The van der Waals surface area contributed by atoms with Crippen molar-refractivity contribution in [2.45, 2.75) is 33.0 Å². The van der Waals surface area contributed by atoms with Crippen molar-refractivity contribution in [3.63, 3.8) is 0 Å². The van der Waals surface area contributed by atoms with Crippen molar-refractivity contribution in [1.82, 2.24) is 15.5 Å². The summed E-state index contributed by atoms with van der Waals surface area (Å²) < 4.78 is 10.5. The molecule has 18 heavy (non-hydrogen) atoms. The highest BCUT2D eigenvalue weighted by atomic mass is 16.5. The largest absolute Gasteiger partial charge is 0.383 e. The number of H-pyrrole nitrogens is 1. The van der Waals surface area contributed by atoms with Crippen molar-refractivity contribution in [2.75, 3.05) is 20.3 Å². The van der Waals surface area contributed by atoms with Crippen molar-refractivity contribution in [1.29, 1.82) is 0 Å². The van der Waals surface area contributed by atoms with E-state index in [-0.39, 0.29) is 11.5 Å². The van der Waals surface area contributed by atoms with Crippen LogP contribution in [0.1, 0.15) is 36.8 Å². The van der Waals surface area contributed by atoms with E-state index in [9.17, 15) is 4.79 Å². The van der Waals surface area contributed by atoms with Gasteiger partial charge in [-0.15, -0.1) is 0 Å². The third-order valence-corrected chi connectivity index (χ3v) is 2.20. The summed E-state index contributed by atoms with van der Waals surface area (Å²) in [4.78, 5) is 11.8. The first-order valence-corrected chi connectivity index (χ1v) is 5.87. The third kappa shape index (κ3) is 4.85. The Hall–Kier alpha value is -1.40. The zero-order valence-corrected chi connectivity index (χ0v) is 11.4. The number of methoxy groups -OCH3 is 1. The number of nitrogens with one attached hydrogen (secondary N) is 2. The van der Waals surface area contributed by atoms with Crippen LogP contribution in [0.2, 0.25) is 0 Å². The van der Waals surface area contributed by atoms with Gasteiger partial charge >= 0.3 is 0 Å². The summed E-state index contributed by atoms with van der Waals surface area (Å²) in [5.41, 5.74) is 0.935. The lowest BCUT2D eigenvalue weighted by Gasteiger charge is -2.19. The number of hydrogen-bond donors (Lipinski definition) is 2. The van der Waals surface area contributed by atoms with Crippen molar-refractivity contribution in [3.8, 4) is 0 Å². The first-order chi connectivity index (χ1) is 8.44. The predicted octanol–water partition coefficient (Wildman–Crippen LogP) is 1.10. The Balaban J connectivity index is 2.56. The number of rotatable bonds is 6. The molecule has 0 aromatic carbocycles. The Kier molecular flexibility index (Phi) is 5.30.